The predicted molar refractivity (Wildman–Crippen MR) is 48.6 cm³/mol. The van der Waals surface area contributed by atoms with E-state index in [9.17, 15) is 0 Å². The van der Waals surface area contributed by atoms with Gasteiger partial charge in [-0.1, -0.05) is 12.1 Å². The summed E-state index contributed by atoms with van der Waals surface area (Å²) in [5, 5.41) is 2.37. The summed E-state index contributed by atoms with van der Waals surface area (Å²) in [5.74, 6) is 0. The Morgan fingerprint density at radius 3 is 3.09 bits per heavy atom. The van der Waals surface area contributed by atoms with E-state index >= 15 is 0 Å². The zero-order chi connectivity index (χ0) is 7.68. The Hall–Kier alpha value is -0.630. The lowest BCUT2D eigenvalue weighted by molar-refractivity contribution is 0.868. The van der Waals surface area contributed by atoms with E-state index in [-0.39, 0.29) is 0 Å². The van der Waals surface area contributed by atoms with Crippen LogP contribution in [0.2, 0.25) is 0 Å². The molecule has 55 valence electrons. The standard InChI is InChI=1S/C9H8BrN/c10-8-4-1-5-9-7(8)3-2-6-11-9/h1,3-5H,2,6H2/q+1. The van der Waals surface area contributed by atoms with Crippen LogP contribution in [0.25, 0.3) is 6.08 Å². The third-order valence-corrected chi connectivity index (χ3v) is 2.48. The third-order valence-electron chi connectivity index (χ3n) is 1.79. The van der Waals surface area contributed by atoms with Gasteiger partial charge >= 0.3 is 0 Å². The molecule has 0 spiro atoms. The van der Waals surface area contributed by atoms with E-state index in [1.54, 1.807) is 0 Å². The van der Waals surface area contributed by atoms with Crippen molar-refractivity contribution < 1.29 is 0 Å². The highest BCUT2D eigenvalue weighted by atomic mass is 79.9. The predicted octanol–water partition coefficient (Wildman–Crippen LogP) is 0.589. The summed E-state index contributed by atoms with van der Waals surface area (Å²) >= 11 is 3.49. The molecule has 0 aliphatic carbocycles. The Morgan fingerprint density at radius 1 is 1.36 bits per heavy atom. The van der Waals surface area contributed by atoms with Crippen molar-refractivity contribution >= 4 is 22.0 Å². The maximum Gasteiger partial charge on any atom is 0.277 e. The van der Waals surface area contributed by atoms with Gasteiger partial charge in [0.05, 0.1) is 5.22 Å². The second-order valence-corrected chi connectivity index (χ2v) is 3.40. The van der Waals surface area contributed by atoms with Crippen LogP contribution < -0.4 is 15.6 Å². The molecule has 0 N–H and O–H groups in total. The van der Waals surface area contributed by atoms with Gasteiger partial charge in [-0.2, -0.15) is 0 Å². The second kappa shape index (κ2) is 2.78. The molecule has 2 rings (SSSR count). The first kappa shape index (κ1) is 7.04. The molecule has 0 bridgehead atoms. The van der Waals surface area contributed by atoms with Gasteiger partial charge in [0.1, 0.15) is 0 Å². The summed E-state index contributed by atoms with van der Waals surface area (Å²) in [5.41, 5.74) is 0. The molecule has 1 radical (unpaired) electrons. The fourth-order valence-electron chi connectivity index (χ4n) is 1.26. The molecular formula is C9H8BrN+. The van der Waals surface area contributed by atoms with Gasteiger partial charge in [-0.15, -0.1) is 0 Å². The Morgan fingerprint density at radius 2 is 2.27 bits per heavy atom. The number of halogens is 1. The Kier molecular flexibility index (Phi) is 1.78. The van der Waals surface area contributed by atoms with E-state index < -0.39 is 0 Å². The Balaban J connectivity index is 2.88. The van der Waals surface area contributed by atoms with Crippen molar-refractivity contribution in [3.8, 4) is 0 Å². The van der Waals surface area contributed by atoms with E-state index in [0.717, 1.165) is 22.8 Å². The van der Waals surface area contributed by atoms with Gasteiger partial charge in [0.15, 0.2) is 0 Å². The Bertz CT molecular complexity index is 381. The molecule has 0 atom stereocenters. The van der Waals surface area contributed by atoms with E-state index in [1.807, 2.05) is 6.07 Å². The van der Waals surface area contributed by atoms with Crippen molar-refractivity contribution in [2.24, 2.45) is 0 Å². The quantitative estimate of drug-likeness (QED) is 0.595. The number of fused-ring (bicyclic) bond motifs is 1. The molecule has 0 amide bonds. The largest absolute Gasteiger partial charge is 0.277 e. The molecule has 1 aromatic carbocycles. The maximum atomic E-state index is 4.39. The van der Waals surface area contributed by atoms with Crippen LogP contribution >= 0.6 is 15.9 Å². The lowest BCUT2D eigenvalue weighted by Crippen LogP contribution is -2.34. The van der Waals surface area contributed by atoms with Gasteiger partial charge in [-0.05, 0) is 22.0 Å². The number of hydrogen-bond acceptors (Lipinski definition) is 1. The topological polar surface area (TPSA) is 14.1 Å². The molecule has 0 saturated heterocycles. The molecule has 0 fully saturated rings. The number of rotatable bonds is 0. The summed E-state index contributed by atoms with van der Waals surface area (Å²) in [4.78, 5) is 4.39. The molecule has 1 aliphatic heterocycles. The minimum absolute atomic E-state index is 0.934. The van der Waals surface area contributed by atoms with Crippen LogP contribution in [0, 0.1) is 0 Å². The third kappa shape index (κ3) is 1.23. The monoisotopic (exact) mass is 209 g/mol. The van der Waals surface area contributed by atoms with Crippen molar-refractivity contribution in [2.75, 3.05) is 6.54 Å². The summed E-state index contributed by atoms with van der Waals surface area (Å²) in [6.07, 6.45) is 3.29. The van der Waals surface area contributed by atoms with Crippen molar-refractivity contribution in [3.63, 3.8) is 0 Å². The van der Waals surface area contributed by atoms with Crippen LogP contribution in [0.4, 0.5) is 0 Å². The van der Waals surface area contributed by atoms with Crippen LogP contribution in [0.3, 0.4) is 0 Å². The van der Waals surface area contributed by atoms with E-state index in [4.69, 9.17) is 0 Å². The van der Waals surface area contributed by atoms with Crippen molar-refractivity contribution in [1.82, 2.24) is 4.99 Å². The van der Waals surface area contributed by atoms with Crippen LogP contribution in [0.15, 0.2) is 22.7 Å². The SMILES string of the molecule is Brc1cccc2c1=CCC[N+]=2. The summed E-state index contributed by atoms with van der Waals surface area (Å²) in [6, 6.07) is 6.12. The molecule has 2 heteroatoms. The highest BCUT2D eigenvalue weighted by molar-refractivity contribution is 9.10. The van der Waals surface area contributed by atoms with Gasteiger partial charge in [0.2, 0.25) is 6.54 Å². The van der Waals surface area contributed by atoms with E-state index in [1.165, 1.54) is 5.22 Å². The molecule has 0 aromatic heterocycles. The molecule has 0 unspecified atom stereocenters. The van der Waals surface area contributed by atoms with Gasteiger partial charge in [0.25, 0.3) is 5.36 Å². The smallest absolute Gasteiger partial charge is 0.0627 e. The minimum Gasteiger partial charge on any atom is -0.0627 e. The summed E-state index contributed by atoms with van der Waals surface area (Å²) in [6.45, 7) is 0.934. The molecule has 1 aromatic rings. The van der Waals surface area contributed by atoms with E-state index in [2.05, 4.69) is 39.1 Å². The maximum absolute atomic E-state index is 4.39. The molecular weight excluding hydrogens is 202 g/mol. The number of benzene rings is 1. The van der Waals surface area contributed by atoms with Crippen LogP contribution in [-0.4, -0.2) is 6.54 Å². The van der Waals surface area contributed by atoms with Gasteiger partial charge in [-0.3, -0.25) is 0 Å². The summed E-state index contributed by atoms with van der Waals surface area (Å²) < 4.78 is 1.15. The number of hydrogen-bond donors (Lipinski definition) is 0. The first-order valence-electron chi connectivity index (χ1n) is 3.67. The number of nitrogens with zero attached hydrogens (tertiary/aromatic N) is 1. The fraction of sp³-hybridized carbons (Fsp3) is 0.222. The van der Waals surface area contributed by atoms with E-state index in [0.29, 0.717) is 0 Å². The van der Waals surface area contributed by atoms with Gasteiger partial charge in [-0.25, -0.2) is 0 Å². The van der Waals surface area contributed by atoms with Gasteiger partial charge < -0.3 is 0 Å². The zero-order valence-electron chi connectivity index (χ0n) is 6.05. The highest BCUT2D eigenvalue weighted by Gasteiger charge is 2.05. The average Bonchev–Trinajstić information content (AvgIpc) is 2.06. The van der Waals surface area contributed by atoms with Crippen LogP contribution in [0.1, 0.15) is 6.42 Å². The minimum atomic E-state index is 0.934. The molecule has 1 heterocycles. The lowest BCUT2D eigenvalue weighted by Gasteiger charge is -1.91. The van der Waals surface area contributed by atoms with Crippen LogP contribution in [-0.2, 0) is 0 Å². The zero-order valence-corrected chi connectivity index (χ0v) is 7.63. The molecule has 1 nitrogen and oxygen atoms in total. The molecule has 1 aliphatic rings. The van der Waals surface area contributed by atoms with Crippen LogP contribution in [0.5, 0.6) is 0 Å². The van der Waals surface area contributed by atoms with Gasteiger partial charge in [0, 0.05) is 22.0 Å². The lowest BCUT2D eigenvalue weighted by atomic mass is 10.2. The molecule has 11 heavy (non-hydrogen) atoms. The normalized spacial score (nSPS) is 14.6. The van der Waals surface area contributed by atoms with Crippen molar-refractivity contribution in [1.29, 1.82) is 0 Å². The molecule has 0 saturated carbocycles. The first-order chi connectivity index (χ1) is 5.38. The first-order valence-corrected chi connectivity index (χ1v) is 4.46. The average molecular weight is 210 g/mol. The van der Waals surface area contributed by atoms with Crippen molar-refractivity contribution in [2.45, 2.75) is 6.42 Å². The highest BCUT2D eigenvalue weighted by Crippen LogP contribution is 1.99. The Labute approximate surface area is 73.6 Å². The fourth-order valence-corrected chi connectivity index (χ4v) is 1.78. The second-order valence-electron chi connectivity index (χ2n) is 2.55. The summed E-state index contributed by atoms with van der Waals surface area (Å²) in [7, 11) is 0. The van der Waals surface area contributed by atoms with Crippen molar-refractivity contribution in [3.05, 3.63) is 33.2 Å².